The zero-order valence-corrected chi connectivity index (χ0v) is 13.0. The Morgan fingerprint density at radius 3 is 2.55 bits per heavy atom. The first-order chi connectivity index (χ1) is 10.5. The molecule has 1 unspecified atom stereocenters. The summed E-state index contributed by atoms with van der Waals surface area (Å²) in [4.78, 5) is 17.9. The number of esters is 1. The maximum absolute atomic E-state index is 11.9. The topological polar surface area (TPSA) is 62.1 Å². The number of nitrogens with zero attached hydrogens (tertiary/aromatic N) is 2. The first-order valence-corrected chi connectivity index (χ1v) is 7.02. The zero-order valence-electron chi connectivity index (χ0n) is 13.0. The lowest BCUT2D eigenvalue weighted by molar-refractivity contribution is -0.143. The smallest absolute Gasteiger partial charge is 0.306 e. The molecule has 0 saturated heterocycles. The highest BCUT2D eigenvalue weighted by atomic mass is 16.5. The Balaban J connectivity index is 3.21. The lowest BCUT2D eigenvalue weighted by Crippen LogP contribution is -2.29. The molecule has 0 saturated carbocycles. The molecule has 0 heterocycles. The normalized spacial score (nSPS) is 12.4. The number of rotatable bonds is 7. The van der Waals surface area contributed by atoms with Gasteiger partial charge in [-0.1, -0.05) is 25.3 Å². The highest BCUT2D eigenvalue weighted by Crippen LogP contribution is 2.26. The van der Waals surface area contributed by atoms with Crippen molar-refractivity contribution >= 4 is 11.8 Å². The van der Waals surface area contributed by atoms with Gasteiger partial charge in [-0.25, -0.2) is 4.99 Å². The van der Waals surface area contributed by atoms with Crippen molar-refractivity contribution in [1.82, 2.24) is 4.90 Å². The third-order valence-electron chi connectivity index (χ3n) is 3.14. The monoisotopic (exact) mass is 302 g/mol. The van der Waals surface area contributed by atoms with Crippen LogP contribution in [-0.2, 0) is 9.53 Å². The zero-order chi connectivity index (χ0) is 16.5. The molecule has 0 spiro atoms. The van der Waals surface area contributed by atoms with E-state index >= 15 is 0 Å². The van der Waals surface area contributed by atoms with E-state index < -0.39 is 0 Å². The molecule has 22 heavy (non-hydrogen) atoms. The molecule has 0 aliphatic rings. The minimum atomic E-state index is -0.319. The van der Waals surface area contributed by atoms with Crippen LogP contribution in [-0.4, -0.2) is 35.5 Å². The molecule has 0 aliphatic carbocycles. The van der Waals surface area contributed by atoms with Gasteiger partial charge in [-0.3, -0.25) is 4.79 Å². The van der Waals surface area contributed by atoms with Crippen LogP contribution >= 0.6 is 0 Å². The van der Waals surface area contributed by atoms with Crippen molar-refractivity contribution in [1.29, 1.82) is 0 Å². The van der Waals surface area contributed by atoms with Gasteiger partial charge in [-0.2, -0.15) is 0 Å². The van der Waals surface area contributed by atoms with Gasteiger partial charge in [0, 0.05) is 13.2 Å². The fourth-order valence-electron chi connectivity index (χ4n) is 2.07. The molecule has 118 valence electrons. The van der Waals surface area contributed by atoms with Gasteiger partial charge in [-0.05, 0) is 30.8 Å². The van der Waals surface area contributed by atoms with E-state index in [1.165, 1.54) is 6.20 Å². The Bertz CT molecular complexity index is 550. The predicted molar refractivity (Wildman–Crippen MR) is 87.7 cm³/mol. The first kappa shape index (κ1) is 17.5. The number of likely N-dealkylation sites (N-methyl/N-ethyl adjacent to an activating group) is 1. The highest BCUT2D eigenvalue weighted by Gasteiger charge is 2.24. The minimum Gasteiger partial charge on any atom is -0.508 e. The second-order valence-electron chi connectivity index (χ2n) is 4.62. The molecule has 0 fully saturated rings. The summed E-state index contributed by atoms with van der Waals surface area (Å²) in [6, 6.07) is 6.67. The molecular formula is C17H22N2O3. The van der Waals surface area contributed by atoms with Gasteiger partial charge in [-0.15, -0.1) is 0 Å². The van der Waals surface area contributed by atoms with Gasteiger partial charge in [0.25, 0.3) is 0 Å². The minimum absolute atomic E-state index is 0.142. The molecule has 5 nitrogen and oxygen atoms in total. The molecule has 0 radical (unpaired) electrons. The lowest BCUT2D eigenvalue weighted by atomic mass is 9.93. The van der Waals surface area contributed by atoms with Crippen LogP contribution in [0.5, 0.6) is 5.75 Å². The molecule has 1 N–H and O–H groups in total. The van der Waals surface area contributed by atoms with E-state index in [1.807, 2.05) is 0 Å². The van der Waals surface area contributed by atoms with Gasteiger partial charge >= 0.3 is 5.97 Å². The van der Waals surface area contributed by atoms with Crippen molar-refractivity contribution in [2.24, 2.45) is 4.99 Å². The summed E-state index contributed by atoms with van der Waals surface area (Å²) in [6.07, 6.45) is 3.18. The van der Waals surface area contributed by atoms with E-state index in [-0.39, 0.29) is 24.1 Å². The van der Waals surface area contributed by atoms with Gasteiger partial charge in [0.1, 0.15) is 11.6 Å². The number of aliphatic imine (C=N–C) groups is 1. The Morgan fingerprint density at radius 1 is 1.41 bits per heavy atom. The summed E-state index contributed by atoms with van der Waals surface area (Å²) in [5, 5.41) is 9.44. The van der Waals surface area contributed by atoms with Crippen molar-refractivity contribution in [2.75, 3.05) is 13.7 Å². The number of amidine groups is 1. The van der Waals surface area contributed by atoms with Crippen LogP contribution in [0.4, 0.5) is 0 Å². The van der Waals surface area contributed by atoms with Crippen LogP contribution in [0.25, 0.3) is 0 Å². The maximum atomic E-state index is 11.9. The second kappa shape index (κ2) is 8.67. The number of phenolic OH excluding ortho intramolecular Hbond substituents is 1. The van der Waals surface area contributed by atoms with E-state index in [9.17, 15) is 9.90 Å². The molecule has 0 amide bonds. The number of hydrogen-bond donors (Lipinski definition) is 1. The summed E-state index contributed by atoms with van der Waals surface area (Å²) in [6.45, 7) is 9.43. The average Bonchev–Trinajstić information content (AvgIpc) is 2.51. The molecule has 0 bridgehead atoms. The maximum Gasteiger partial charge on any atom is 0.306 e. The SMILES string of the molecule is C=CN=C(C(CC(=O)OCC)c1ccc(O)cc1)N(C)C=C. The number of carbonyl (C=O) groups is 1. The van der Waals surface area contributed by atoms with E-state index in [0.717, 1.165) is 5.56 Å². The lowest BCUT2D eigenvalue weighted by Gasteiger charge is -2.25. The fourth-order valence-corrected chi connectivity index (χ4v) is 2.07. The molecule has 1 aromatic carbocycles. The van der Waals surface area contributed by atoms with Crippen molar-refractivity contribution in [3.8, 4) is 5.75 Å². The van der Waals surface area contributed by atoms with Crippen LogP contribution in [0.3, 0.4) is 0 Å². The number of hydrogen-bond acceptors (Lipinski definition) is 4. The number of benzene rings is 1. The van der Waals surface area contributed by atoms with Crippen molar-refractivity contribution in [3.05, 3.63) is 55.4 Å². The van der Waals surface area contributed by atoms with Crippen LogP contribution in [0.15, 0.2) is 54.8 Å². The molecule has 1 atom stereocenters. The number of carbonyl (C=O) groups excluding carboxylic acids is 1. The van der Waals surface area contributed by atoms with Crippen LogP contribution in [0, 0.1) is 0 Å². The summed E-state index contributed by atoms with van der Waals surface area (Å²) in [7, 11) is 1.80. The number of phenols is 1. The van der Waals surface area contributed by atoms with E-state index in [4.69, 9.17) is 4.74 Å². The number of ether oxygens (including phenoxy) is 1. The van der Waals surface area contributed by atoms with Gasteiger partial charge in [0.15, 0.2) is 0 Å². The van der Waals surface area contributed by atoms with E-state index in [0.29, 0.717) is 12.4 Å². The standard InChI is InChI=1S/C17H22N2O3/c1-5-18-17(19(4)6-2)15(12-16(21)22-7-3)13-8-10-14(20)11-9-13/h5-6,8-11,15,20H,1-2,7,12H2,3-4H3. The molecule has 1 rings (SSSR count). The summed E-state index contributed by atoms with van der Waals surface area (Å²) >= 11 is 0. The highest BCUT2D eigenvalue weighted by molar-refractivity contribution is 5.93. The number of aromatic hydroxyl groups is 1. The Kier molecular flexibility index (Phi) is 6.89. The van der Waals surface area contributed by atoms with Gasteiger partial charge in [0.05, 0.1) is 18.9 Å². The van der Waals surface area contributed by atoms with Gasteiger partial charge in [0.2, 0.25) is 0 Å². The van der Waals surface area contributed by atoms with E-state index in [2.05, 4.69) is 18.2 Å². The van der Waals surface area contributed by atoms with Crippen molar-refractivity contribution in [2.45, 2.75) is 19.3 Å². The fraction of sp³-hybridized carbons (Fsp3) is 0.294. The molecule has 1 aromatic rings. The third kappa shape index (κ3) is 4.77. The van der Waals surface area contributed by atoms with Crippen LogP contribution < -0.4 is 0 Å². The molecular weight excluding hydrogens is 280 g/mol. The average molecular weight is 302 g/mol. The summed E-state index contributed by atoms with van der Waals surface area (Å²) in [5.74, 6) is 0.164. The third-order valence-corrected chi connectivity index (χ3v) is 3.14. The Labute approximate surface area is 131 Å². The van der Waals surface area contributed by atoms with Crippen LogP contribution in [0.2, 0.25) is 0 Å². The predicted octanol–water partition coefficient (Wildman–Crippen LogP) is 3.05. The quantitative estimate of drug-likeness (QED) is 0.478. The Hall–Kier alpha value is -2.56. The van der Waals surface area contributed by atoms with Gasteiger partial charge < -0.3 is 14.7 Å². The molecule has 5 heteroatoms. The second-order valence-corrected chi connectivity index (χ2v) is 4.62. The molecule has 0 aliphatic heterocycles. The summed E-state index contributed by atoms with van der Waals surface area (Å²) in [5.41, 5.74) is 0.847. The Morgan fingerprint density at radius 2 is 2.05 bits per heavy atom. The van der Waals surface area contributed by atoms with Crippen molar-refractivity contribution < 1.29 is 14.6 Å². The van der Waals surface area contributed by atoms with Crippen molar-refractivity contribution in [3.63, 3.8) is 0 Å². The molecule has 0 aromatic heterocycles. The van der Waals surface area contributed by atoms with Crippen LogP contribution in [0.1, 0.15) is 24.8 Å². The first-order valence-electron chi connectivity index (χ1n) is 7.02. The van der Waals surface area contributed by atoms with E-state index in [1.54, 1.807) is 49.3 Å². The largest absolute Gasteiger partial charge is 0.508 e. The summed E-state index contributed by atoms with van der Waals surface area (Å²) < 4.78 is 5.05.